The Labute approximate surface area is 159 Å². The number of nitrogens with zero attached hydrogens (tertiary/aromatic N) is 2. The summed E-state index contributed by atoms with van der Waals surface area (Å²) in [6, 6.07) is 14.9. The van der Waals surface area contributed by atoms with Crippen LogP contribution in [0, 0.1) is 6.92 Å². The van der Waals surface area contributed by atoms with E-state index in [1.54, 1.807) is 0 Å². The molecule has 1 fully saturated rings. The van der Waals surface area contributed by atoms with Crippen molar-refractivity contribution in [3.05, 3.63) is 59.3 Å². The average Bonchev–Trinajstić information content (AvgIpc) is 3.27. The Morgan fingerprint density at radius 3 is 2.48 bits per heavy atom. The number of ether oxygens (including phenoxy) is 2. The summed E-state index contributed by atoms with van der Waals surface area (Å²) in [6.45, 7) is 8.90. The fraction of sp³-hybridized carbons (Fsp3) is 0.364. The molecule has 3 heterocycles. The van der Waals surface area contributed by atoms with E-state index in [0.717, 1.165) is 50.8 Å². The normalized spacial score (nSPS) is 17.7. The van der Waals surface area contributed by atoms with Gasteiger partial charge >= 0.3 is 0 Å². The van der Waals surface area contributed by atoms with E-state index >= 15 is 0 Å². The number of para-hydroxylation sites is 1. The van der Waals surface area contributed by atoms with Crippen LogP contribution in [-0.4, -0.2) is 47.8 Å². The predicted octanol–water partition coefficient (Wildman–Crippen LogP) is 3.52. The van der Waals surface area contributed by atoms with E-state index in [0.29, 0.717) is 6.79 Å². The highest BCUT2D eigenvalue weighted by atomic mass is 16.7. The summed E-state index contributed by atoms with van der Waals surface area (Å²) in [6.07, 6.45) is 0. The molecule has 0 spiro atoms. The van der Waals surface area contributed by atoms with Crippen molar-refractivity contribution in [1.29, 1.82) is 0 Å². The van der Waals surface area contributed by atoms with Crippen LogP contribution in [0.1, 0.15) is 16.8 Å². The minimum atomic E-state index is 0.338. The van der Waals surface area contributed by atoms with E-state index in [4.69, 9.17) is 9.47 Å². The summed E-state index contributed by atoms with van der Waals surface area (Å²) in [7, 11) is 0. The minimum Gasteiger partial charge on any atom is -0.454 e. The Morgan fingerprint density at radius 1 is 0.889 bits per heavy atom. The molecule has 5 nitrogen and oxygen atoms in total. The fourth-order valence-corrected chi connectivity index (χ4v) is 4.17. The van der Waals surface area contributed by atoms with Crippen LogP contribution in [0.5, 0.6) is 11.5 Å². The lowest BCUT2D eigenvalue weighted by atomic mass is 10.1. The summed E-state index contributed by atoms with van der Waals surface area (Å²) in [4.78, 5) is 8.61. The van der Waals surface area contributed by atoms with Gasteiger partial charge in [-0.05, 0) is 36.2 Å². The van der Waals surface area contributed by atoms with Gasteiger partial charge in [-0.25, -0.2) is 0 Å². The summed E-state index contributed by atoms with van der Waals surface area (Å²) in [5, 5.41) is 1.36. The van der Waals surface area contributed by atoms with Gasteiger partial charge in [-0.15, -0.1) is 0 Å². The molecule has 0 radical (unpaired) electrons. The molecule has 1 saturated heterocycles. The molecule has 0 unspecified atom stereocenters. The summed E-state index contributed by atoms with van der Waals surface area (Å²) < 4.78 is 10.9. The molecule has 27 heavy (non-hydrogen) atoms. The Morgan fingerprint density at radius 2 is 1.63 bits per heavy atom. The molecular formula is C22H25N3O2. The minimum absolute atomic E-state index is 0.338. The Kier molecular flexibility index (Phi) is 4.26. The van der Waals surface area contributed by atoms with Crippen LogP contribution in [0.25, 0.3) is 10.9 Å². The number of fused-ring (bicyclic) bond motifs is 2. The van der Waals surface area contributed by atoms with Gasteiger partial charge in [0.1, 0.15) is 0 Å². The topological polar surface area (TPSA) is 40.7 Å². The molecule has 0 bridgehead atoms. The van der Waals surface area contributed by atoms with Gasteiger partial charge in [0.2, 0.25) is 6.79 Å². The van der Waals surface area contributed by atoms with Crippen molar-refractivity contribution in [2.75, 3.05) is 33.0 Å². The summed E-state index contributed by atoms with van der Waals surface area (Å²) in [5.74, 6) is 1.73. The Hall–Kier alpha value is -2.50. The molecule has 0 atom stereocenters. The molecule has 5 heteroatoms. The molecular weight excluding hydrogens is 338 g/mol. The molecule has 2 aliphatic heterocycles. The first-order valence-corrected chi connectivity index (χ1v) is 9.66. The lowest BCUT2D eigenvalue weighted by molar-refractivity contribution is 0.122. The maximum Gasteiger partial charge on any atom is 0.231 e. The SMILES string of the molecule is Cc1[nH]c2ccccc2c1CN1CCN(Cc2ccc3c(c2)OCO3)CC1. The molecule has 1 aromatic heterocycles. The molecule has 0 amide bonds. The fourth-order valence-electron chi connectivity index (χ4n) is 4.17. The third-order valence-electron chi connectivity index (χ3n) is 5.72. The van der Waals surface area contributed by atoms with E-state index in [1.807, 2.05) is 6.07 Å². The number of H-pyrrole nitrogens is 1. The zero-order valence-electron chi connectivity index (χ0n) is 15.7. The summed E-state index contributed by atoms with van der Waals surface area (Å²) >= 11 is 0. The second kappa shape index (κ2) is 6.91. The average molecular weight is 363 g/mol. The first-order valence-electron chi connectivity index (χ1n) is 9.66. The van der Waals surface area contributed by atoms with Crippen molar-refractivity contribution in [2.45, 2.75) is 20.0 Å². The largest absolute Gasteiger partial charge is 0.454 e. The van der Waals surface area contributed by atoms with Gasteiger partial charge in [0, 0.05) is 55.9 Å². The molecule has 140 valence electrons. The van der Waals surface area contributed by atoms with Crippen LogP contribution in [0.4, 0.5) is 0 Å². The number of aryl methyl sites for hydroxylation is 1. The van der Waals surface area contributed by atoms with E-state index in [-0.39, 0.29) is 0 Å². The smallest absolute Gasteiger partial charge is 0.231 e. The maximum absolute atomic E-state index is 5.50. The number of nitrogens with one attached hydrogen (secondary N) is 1. The number of rotatable bonds is 4. The van der Waals surface area contributed by atoms with Crippen molar-refractivity contribution in [2.24, 2.45) is 0 Å². The molecule has 1 N–H and O–H groups in total. The van der Waals surface area contributed by atoms with Gasteiger partial charge in [0.05, 0.1) is 0 Å². The van der Waals surface area contributed by atoms with Crippen LogP contribution in [0.3, 0.4) is 0 Å². The van der Waals surface area contributed by atoms with Crippen LogP contribution in [-0.2, 0) is 13.1 Å². The zero-order valence-corrected chi connectivity index (χ0v) is 15.7. The monoisotopic (exact) mass is 363 g/mol. The van der Waals surface area contributed by atoms with Crippen LogP contribution < -0.4 is 9.47 Å². The number of benzene rings is 2. The number of piperazine rings is 1. The van der Waals surface area contributed by atoms with E-state index in [1.165, 1.54) is 27.7 Å². The van der Waals surface area contributed by atoms with Crippen molar-refractivity contribution in [3.63, 3.8) is 0 Å². The quantitative estimate of drug-likeness (QED) is 0.770. The van der Waals surface area contributed by atoms with Gasteiger partial charge in [0.25, 0.3) is 0 Å². The van der Waals surface area contributed by atoms with Gasteiger partial charge in [-0.3, -0.25) is 9.80 Å². The van der Waals surface area contributed by atoms with Gasteiger partial charge in [-0.1, -0.05) is 24.3 Å². The Balaban J connectivity index is 1.21. The van der Waals surface area contributed by atoms with E-state index < -0.39 is 0 Å². The predicted molar refractivity (Wildman–Crippen MR) is 106 cm³/mol. The summed E-state index contributed by atoms with van der Waals surface area (Å²) in [5.41, 5.74) is 5.26. The third-order valence-corrected chi connectivity index (χ3v) is 5.72. The maximum atomic E-state index is 5.50. The number of aromatic nitrogens is 1. The van der Waals surface area contributed by atoms with Crippen molar-refractivity contribution >= 4 is 10.9 Å². The first-order chi connectivity index (χ1) is 13.3. The molecule has 0 saturated carbocycles. The highest BCUT2D eigenvalue weighted by Gasteiger charge is 2.20. The van der Waals surface area contributed by atoms with Crippen molar-refractivity contribution in [3.8, 4) is 11.5 Å². The molecule has 2 aromatic carbocycles. The van der Waals surface area contributed by atoms with Crippen LogP contribution in [0.15, 0.2) is 42.5 Å². The van der Waals surface area contributed by atoms with Crippen LogP contribution in [0.2, 0.25) is 0 Å². The van der Waals surface area contributed by atoms with Crippen molar-refractivity contribution < 1.29 is 9.47 Å². The molecule has 2 aliphatic rings. The standard InChI is InChI=1S/C22H25N3O2/c1-16-19(18-4-2-3-5-20(18)23-16)14-25-10-8-24(9-11-25)13-17-6-7-21-22(12-17)27-15-26-21/h2-7,12,23H,8-11,13-15H2,1H3. The Bertz CT molecular complexity index is 957. The lowest BCUT2D eigenvalue weighted by Crippen LogP contribution is -2.45. The molecule has 3 aromatic rings. The second-order valence-electron chi connectivity index (χ2n) is 7.51. The van der Waals surface area contributed by atoms with E-state index in [2.05, 4.69) is 58.1 Å². The van der Waals surface area contributed by atoms with Crippen LogP contribution >= 0.6 is 0 Å². The van der Waals surface area contributed by atoms with Crippen molar-refractivity contribution in [1.82, 2.24) is 14.8 Å². The first kappa shape index (κ1) is 16.7. The number of hydrogen-bond acceptors (Lipinski definition) is 4. The number of aromatic amines is 1. The molecule has 5 rings (SSSR count). The second-order valence-corrected chi connectivity index (χ2v) is 7.51. The lowest BCUT2D eigenvalue weighted by Gasteiger charge is -2.34. The van der Waals surface area contributed by atoms with Gasteiger partial charge < -0.3 is 14.5 Å². The number of hydrogen-bond donors (Lipinski definition) is 1. The highest BCUT2D eigenvalue weighted by Crippen LogP contribution is 2.33. The highest BCUT2D eigenvalue weighted by molar-refractivity contribution is 5.84. The zero-order chi connectivity index (χ0) is 18.2. The van der Waals surface area contributed by atoms with Gasteiger partial charge in [0.15, 0.2) is 11.5 Å². The van der Waals surface area contributed by atoms with E-state index in [9.17, 15) is 0 Å². The molecule has 0 aliphatic carbocycles. The third kappa shape index (κ3) is 3.29. The van der Waals surface area contributed by atoms with Gasteiger partial charge in [-0.2, -0.15) is 0 Å².